The van der Waals surface area contributed by atoms with Crippen LogP contribution < -0.4 is 16.2 Å². The van der Waals surface area contributed by atoms with E-state index in [2.05, 4.69) is 48.0 Å². The summed E-state index contributed by atoms with van der Waals surface area (Å²) in [6.07, 6.45) is 1.96. The van der Waals surface area contributed by atoms with Crippen molar-refractivity contribution in [2.75, 3.05) is 23.4 Å². The van der Waals surface area contributed by atoms with Gasteiger partial charge in [-0.3, -0.25) is 0 Å². The van der Waals surface area contributed by atoms with Crippen LogP contribution in [0.4, 0.5) is 11.6 Å². The lowest BCUT2D eigenvalue weighted by Crippen LogP contribution is -2.46. The predicted molar refractivity (Wildman–Crippen MR) is 76.2 cm³/mol. The number of ether oxygens (including phenoxy) is 1. The zero-order chi connectivity index (χ0) is 14.0. The highest BCUT2D eigenvalue weighted by atomic mass is 16.5. The maximum Gasteiger partial charge on any atom is 0.148 e. The Balaban J connectivity index is 2.38. The first-order chi connectivity index (χ1) is 9.02. The number of morpholine rings is 1. The first-order valence-electron chi connectivity index (χ1n) is 6.74. The van der Waals surface area contributed by atoms with Crippen LogP contribution in [0.15, 0.2) is 6.33 Å². The van der Waals surface area contributed by atoms with Gasteiger partial charge in [0.2, 0.25) is 0 Å². The van der Waals surface area contributed by atoms with E-state index in [0.29, 0.717) is 11.7 Å². The summed E-state index contributed by atoms with van der Waals surface area (Å²) in [6.45, 7) is 10.1. The molecule has 1 saturated heterocycles. The number of nitrogens with one attached hydrogen (secondary N) is 1. The van der Waals surface area contributed by atoms with Crippen molar-refractivity contribution in [1.82, 2.24) is 9.97 Å². The Morgan fingerprint density at radius 3 is 2.47 bits per heavy atom. The summed E-state index contributed by atoms with van der Waals surface area (Å²) in [6, 6.07) is 0. The average Bonchev–Trinajstić information content (AvgIpc) is 2.36. The Hall–Kier alpha value is -1.40. The first-order valence-corrected chi connectivity index (χ1v) is 6.74. The van der Waals surface area contributed by atoms with E-state index in [0.717, 1.165) is 24.5 Å². The Bertz CT molecular complexity index is 427. The zero-order valence-corrected chi connectivity index (χ0v) is 12.1. The van der Waals surface area contributed by atoms with Crippen molar-refractivity contribution in [3.8, 4) is 0 Å². The second kappa shape index (κ2) is 5.71. The van der Waals surface area contributed by atoms with Gasteiger partial charge in [0.15, 0.2) is 0 Å². The quantitative estimate of drug-likeness (QED) is 0.637. The topological polar surface area (TPSA) is 76.3 Å². The van der Waals surface area contributed by atoms with E-state index in [-0.39, 0.29) is 12.2 Å². The molecule has 0 amide bonds. The molecule has 3 N–H and O–H groups in total. The minimum absolute atomic E-state index is 0.202. The average molecular weight is 265 g/mol. The highest BCUT2D eigenvalue weighted by molar-refractivity contribution is 5.60. The number of rotatable bonds is 3. The maximum absolute atomic E-state index is 5.77. The van der Waals surface area contributed by atoms with Gasteiger partial charge < -0.3 is 15.1 Å². The smallest absolute Gasteiger partial charge is 0.148 e. The highest BCUT2D eigenvalue weighted by Crippen LogP contribution is 2.31. The third-order valence-corrected chi connectivity index (χ3v) is 3.30. The summed E-state index contributed by atoms with van der Waals surface area (Å²) in [5.41, 5.74) is 3.73. The zero-order valence-electron chi connectivity index (χ0n) is 12.1. The molecule has 1 aromatic rings. The van der Waals surface area contributed by atoms with Crippen molar-refractivity contribution in [1.29, 1.82) is 0 Å². The van der Waals surface area contributed by atoms with Crippen LogP contribution in [0.5, 0.6) is 0 Å². The van der Waals surface area contributed by atoms with Crippen molar-refractivity contribution in [2.24, 2.45) is 5.84 Å². The minimum Gasteiger partial charge on any atom is -0.372 e. The Morgan fingerprint density at radius 1 is 1.32 bits per heavy atom. The number of nitrogens with zero attached hydrogens (tertiary/aromatic N) is 3. The van der Waals surface area contributed by atoms with E-state index < -0.39 is 0 Å². The molecule has 0 aromatic carbocycles. The first kappa shape index (κ1) is 14.0. The molecule has 1 aromatic heterocycles. The van der Waals surface area contributed by atoms with Gasteiger partial charge in [-0.2, -0.15) is 0 Å². The fraction of sp³-hybridized carbons (Fsp3) is 0.692. The molecule has 2 unspecified atom stereocenters. The second-order valence-electron chi connectivity index (χ2n) is 5.42. The summed E-state index contributed by atoms with van der Waals surface area (Å²) in [5.74, 6) is 7.52. The SMILES string of the molecule is CC1CN(c2ncnc(NN)c2C(C)C)CC(C)O1. The molecular weight excluding hydrogens is 242 g/mol. The summed E-state index contributed by atoms with van der Waals surface area (Å²) in [7, 11) is 0. The molecule has 106 valence electrons. The number of nitrogen functional groups attached to an aromatic ring is 1. The van der Waals surface area contributed by atoms with Gasteiger partial charge >= 0.3 is 0 Å². The van der Waals surface area contributed by atoms with E-state index in [9.17, 15) is 0 Å². The van der Waals surface area contributed by atoms with Gasteiger partial charge in [0.1, 0.15) is 18.0 Å². The molecule has 19 heavy (non-hydrogen) atoms. The summed E-state index contributed by atoms with van der Waals surface area (Å²) in [5, 5.41) is 0. The van der Waals surface area contributed by atoms with Crippen LogP contribution in [0.2, 0.25) is 0 Å². The monoisotopic (exact) mass is 265 g/mol. The van der Waals surface area contributed by atoms with Crippen molar-refractivity contribution in [3.05, 3.63) is 11.9 Å². The molecule has 2 heterocycles. The predicted octanol–water partition coefficient (Wildman–Crippen LogP) is 1.50. The Labute approximate surface area is 114 Å². The molecule has 0 bridgehead atoms. The molecule has 2 atom stereocenters. The molecule has 6 heteroatoms. The van der Waals surface area contributed by atoms with Crippen molar-refractivity contribution >= 4 is 11.6 Å². The van der Waals surface area contributed by atoms with Crippen LogP contribution in [0.25, 0.3) is 0 Å². The third kappa shape index (κ3) is 2.96. The molecule has 6 nitrogen and oxygen atoms in total. The fourth-order valence-corrected chi connectivity index (χ4v) is 2.64. The fourth-order valence-electron chi connectivity index (χ4n) is 2.64. The van der Waals surface area contributed by atoms with Gasteiger partial charge in [-0.15, -0.1) is 0 Å². The molecule has 0 saturated carbocycles. The highest BCUT2D eigenvalue weighted by Gasteiger charge is 2.26. The number of hydrazine groups is 1. The van der Waals surface area contributed by atoms with E-state index >= 15 is 0 Å². The van der Waals surface area contributed by atoms with Gasteiger partial charge in [-0.25, -0.2) is 15.8 Å². The van der Waals surface area contributed by atoms with Gasteiger partial charge in [0.25, 0.3) is 0 Å². The molecule has 0 radical (unpaired) electrons. The molecule has 1 aliphatic heterocycles. The minimum atomic E-state index is 0.202. The van der Waals surface area contributed by atoms with Crippen LogP contribution in [0, 0.1) is 0 Å². The molecular formula is C13H23N5O. The Kier molecular flexibility index (Phi) is 4.21. The van der Waals surface area contributed by atoms with Crippen LogP contribution >= 0.6 is 0 Å². The number of hydrogen-bond acceptors (Lipinski definition) is 6. The normalized spacial score (nSPS) is 23.8. The molecule has 0 spiro atoms. The lowest BCUT2D eigenvalue weighted by atomic mass is 10.0. The second-order valence-corrected chi connectivity index (χ2v) is 5.42. The summed E-state index contributed by atoms with van der Waals surface area (Å²) in [4.78, 5) is 10.9. The molecule has 2 rings (SSSR count). The van der Waals surface area contributed by atoms with E-state index in [4.69, 9.17) is 10.6 Å². The van der Waals surface area contributed by atoms with Crippen LogP contribution in [-0.4, -0.2) is 35.3 Å². The number of aromatic nitrogens is 2. The van der Waals surface area contributed by atoms with Gasteiger partial charge in [-0.05, 0) is 19.8 Å². The van der Waals surface area contributed by atoms with Crippen LogP contribution in [0.1, 0.15) is 39.2 Å². The third-order valence-electron chi connectivity index (χ3n) is 3.30. The van der Waals surface area contributed by atoms with Crippen molar-refractivity contribution < 1.29 is 4.74 Å². The number of anilines is 2. The van der Waals surface area contributed by atoms with Gasteiger partial charge in [0.05, 0.1) is 12.2 Å². The van der Waals surface area contributed by atoms with Gasteiger partial charge in [-0.1, -0.05) is 13.8 Å². The van der Waals surface area contributed by atoms with Gasteiger partial charge in [0, 0.05) is 18.7 Å². The van der Waals surface area contributed by atoms with E-state index in [1.54, 1.807) is 6.33 Å². The summed E-state index contributed by atoms with van der Waals surface area (Å²) >= 11 is 0. The summed E-state index contributed by atoms with van der Waals surface area (Å²) < 4.78 is 5.77. The van der Waals surface area contributed by atoms with E-state index in [1.807, 2.05) is 0 Å². The van der Waals surface area contributed by atoms with Crippen molar-refractivity contribution in [3.63, 3.8) is 0 Å². The van der Waals surface area contributed by atoms with Crippen LogP contribution in [0.3, 0.4) is 0 Å². The standard InChI is InChI=1S/C13H23N5O/c1-8(2)11-12(17-14)15-7-16-13(11)18-5-9(3)19-10(4)6-18/h7-10H,5-6,14H2,1-4H3,(H,15,16,17). The van der Waals surface area contributed by atoms with E-state index in [1.165, 1.54) is 0 Å². The maximum atomic E-state index is 5.77. The largest absolute Gasteiger partial charge is 0.372 e. The number of nitrogens with two attached hydrogens (primary N) is 1. The van der Waals surface area contributed by atoms with Crippen LogP contribution in [-0.2, 0) is 4.74 Å². The lowest BCUT2D eigenvalue weighted by Gasteiger charge is -2.37. The number of hydrogen-bond donors (Lipinski definition) is 2. The molecule has 1 fully saturated rings. The Morgan fingerprint density at radius 2 is 1.95 bits per heavy atom. The molecule has 0 aliphatic carbocycles. The molecule has 1 aliphatic rings. The van der Waals surface area contributed by atoms with Crippen molar-refractivity contribution in [2.45, 2.75) is 45.8 Å². The lowest BCUT2D eigenvalue weighted by molar-refractivity contribution is -0.00552.